The third-order valence-corrected chi connectivity index (χ3v) is 3.97. The number of piperidine rings is 1. The van der Waals surface area contributed by atoms with Gasteiger partial charge in [-0.3, -0.25) is 4.79 Å². The molecule has 19 heavy (non-hydrogen) atoms. The molecule has 0 aromatic heterocycles. The number of carbonyl (C=O) groups is 1. The number of carbonyl (C=O) groups excluding carboxylic acids is 1. The molecular weight excluding hydrogens is 265 g/mol. The Balaban J connectivity index is 2.08. The lowest BCUT2D eigenvalue weighted by Crippen LogP contribution is -2.43. The molecule has 1 aromatic rings. The molecule has 0 N–H and O–H groups in total. The summed E-state index contributed by atoms with van der Waals surface area (Å²) >= 11 is 5.96. The third-order valence-electron chi connectivity index (χ3n) is 3.61. The van der Waals surface area contributed by atoms with Gasteiger partial charge in [-0.1, -0.05) is 31.5 Å². The normalized spacial score (nSPS) is 23.5. The molecule has 2 nitrogen and oxygen atoms in total. The van der Waals surface area contributed by atoms with Gasteiger partial charge in [0.25, 0.3) is 0 Å². The standard InChI is InChI=1S/C15H19ClFNO/c1-10-6-11(2)9-18(8-10)15(19)7-12-13(16)4-3-5-14(12)17/h3-5,10-11H,6-9H2,1-2H3/t10-,11-/m1/s1. The zero-order valence-electron chi connectivity index (χ0n) is 11.3. The van der Waals surface area contributed by atoms with E-state index in [4.69, 9.17) is 11.6 Å². The maximum absolute atomic E-state index is 13.7. The molecule has 0 radical (unpaired) electrons. The van der Waals surface area contributed by atoms with Crippen molar-refractivity contribution >= 4 is 17.5 Å². The first-order valence-electron chi connectivity index (χ1n) is 6.68. The van der Waals surface area contributed by atoms with Crippen molar-refractivity contribution in [1.82, 2.24) is 4.90 Å². The minimum absolute atomic E-state index is 0.0367. The van der Waals surface area contributed by atoms with Crippen LogP contribution in [0.2, 0.25) is 5.02 Å². The highest BCUT2D eigenvalue weighted by Crippen LogP contribution is 2.24. The van der Waals surface area contributed by atoms with Gasteiger partial charge in [-0.2, -0.15) is 0 Å². The fourth-order valence-corrected chi connectivity index (χ4v) is 3.06. The molecule has 1 heterocycles. The Labute approximate surface area is 118 Å². The molecule has 1 aliphatic rings. The molecule has 0 unspecified atom stereocenters. The van der Waals surface area contributed by atoms with E-state index in [9.17, 15) is 9.18 Å². The summed E-state index contributed by atoms with van der Waals surface area (Å²) in [7, 11) is 0. The van der Waals surface area contributed by atoms with Gasteiger partial charge in [0.2, 0.25) is 5.91 Å². The number of rotatable bonds is 2. The van der Waals surface area contributed by atoms with Gasteiger partial charge in [-0.25, -0.2) is 4.39 Å². The number of nitrogens with zero attached hydrogens (tertiary/aromatic N) is 1. The van der Waals surface area contributed by atoms with E-state index >= 15 is 0 Å². The number of hydrogen-bond donors (Lipinski definition) is 0. The Hall–Kier alpha value is -1.09. The SMILES string of the molecule is C[C@@H]1C[C@@H](C)CN(C(=O)Cc2c(F)cccc2Cl)C1. The Kier molecular flexibility index (Phi) is 4.46. The van der Waals surface area contributed by atoms with Gasteiger partial charge in [-0.05, 0) is 30.4 Å². The van der Waals surface area contributed by atoms with Crippen molar-refractivity contribution < 1.29 is 9.18 Å². The lowest BCUT2D eigenvalue weighted by molar-refractivity contribution is -0.133. The van der Waals surface area contributed by atoms with E-state index in [1.807, 2.05) is 4.90 Å². The van der Waals surface area contributed by atoms with Crippen LogP contribution < -0.4 is 0 Å². The zero-order chi connectivity index (χ0) is 14.0. The second-order valence-electron chi connectivity index (χ2n) is 5.62. The van der Waals surface area contributed by atoms with E-state index in [0.29, 0.717) is 22.4 Å². The first-order valence-corrected chi connectivity index (χ1v) is 7.05. The lowest BCUT2D eigenvalue weighted by Gasteiger charge is -2.35. The summed E-state index contributed by atoms with van der Waals surface area (Å²) in [5, 5.41) is 0.325. The average Bonchev–Trinajstić information content (AvgIpc) is 2.32. The summed E-state index contributed by atoms with van der Waals surface area (Å²) in [4.78, 5) is 14.1. The Morgan fingerprint density at radius 2 is 2.00 bits per heavy atom. The lowest BCUT2D eigenvalue weighted by atomic mass is 9.91. The van der Waals surface area contributed by atoms with Crippen molar-refractivity contribution in [3.05, 3.63) is 34.6 Å². The van der Waals surface area contributed by atoms with E-state index in [-0.39, 0.29) is 12.3 Å². The second kappa shape index (κ2) is 5.91. The molecule has 0 bridgehead atoms. The summed E-state index contributed by atoms with van der Waals surface area (Å²) in [5.74, 6) is 0.567. The summed E-state index contributed by atoms with van der Waals surface area (Å²) in [5.41, 5.74) is 0.306. The summed E-state index contributed by atoms with van der Waals surface area (Å²) < 4.78 is 13.7. The first-order chi connectivity index (χ1) is 8.97. The van der Waals surface area contributed by atoms with Crippen LogP contribution in [-0.2, 0) is 11.2 Å². The molecule has 1 aliphatic heterocycles. The van der Waals surface area contributed by atoms with Crippen molar-refractivity contribution in [1.29, 1.82) is 0 Å². The Bertz CT molecular complexity index is 447. The van der Waals surface area contributed by atoms with Crippen LogP contribution in [0.15, 0.2) is 18.2 Å². The van der Waals surface area contributed by atoms with Crippen molar-refractivity contribution in [2.75, 3.05) is 13.1 Å². The number of hydrogen-bond acceptors (Lipinski definition) is 1. The van der Waals surface area contributed by atoms with Gasteiger partial charge in [0.1, 0.15) is 5.82 Å². The fraction of sp³-hybridized carbons (Fsp3) is 0.533. The van der Waals surface area contributed by atoms with Crippen molar-refractivity contribution in [3.63, 3.8) is 0 Å². The maximum Gasteiger partial charge on any atom is 0.227 e. The van der Waals surface area contributed by atoms with Gasteiger partial charge in [0.05, 0.1) is 6.42 Å². The van der Waals surface area contributed by atoms with E-state index in [1.165, 1.54) is 6.07 Å². The van der Waals surface area contributed by atoms with Crippen LogP contribution in [0.5, 0.6) is 0 Å². The van der Waals surface area contributed by atoms with E-state index < -0.39 is 5.82 Å². The molecule has 4 heteroatoms. The molecule has 0 saturated carbocycles. The van der Waals surface area contributed by atoms with Crippen LogP contribution in [0.1, 0.15) is 25.8 Å². The highest BCUT2D eigenvalue weighted by Gasteiger charge is 2.26. The molecule has 1 fully saturated rings. The summed E-state index contributed by atoms with van der Waals surface area (Å²) in [6, 6.07) is 4.52. The van der Waals surface area contributed by atoms with Crippen LogP contribution in [0, 0.1) is 17.7 Å². The van der Waals surface area contributed by atoms with Gasteiger partial charge < -0.3 is 4.90 Å². The molecular formula is C15H19ClFNO. The average molecular weight is 284 g/mol. The number of amides is 1. The summed E-state index contributed by atoms with van der Waals surface area (Å²) in [6.45, 7) is 5.81. The number of likely N-dealkylation sites (tertiary alicyclic amines) is 1. The number of halogens is 2. The van der Waals surface area contributed by atoms with E-state index in [1.54, 1.807) is 12.1 Å². The van der Waals surface area contributed by atoms with Crippen molar-refractivity contribution in [2.45, 2.75) is 26.7 Å². The van der Waals surface area contributed by atoms with E-state index in [2.05, 4.69) is 13.8 Å². The summed E-state index contributed by atoms with van der Waals surface area (Å²) in [6.07, 6.45) is 1.19. The van der Waals surface area contributed by atoms with Gasteiger partial charge in [0, 0.05) is 23.7 Å². The van der Waals surface area contributed by atoms with Crippen LogP contribution in [-0.4, -0.2) is 23.9 Å². The Morgan fingerprint density at radius 1 is 1.37 bits per heavy atom. The van der Waals surface area contributed by atoms with E-state index in [0.717, 1.165) is 19.5 Å². The predicted octanol–water partition coefficient (Wildman–Crippen LogP) is 3.53. The zero-order valence-corrected chi connectivity index (χ0v) is 12.1. The van der Waals surface area contributed by atoms with Gasteiger partial charge >= 0.3 is 0 Å². The molecule has 1 saturated heterocycles. The fourth-order valence-electron chi connectivity index (χ4n) is 2.83. The molecule has 0 aliphatic carbocycles. The van der Waals surface area contributed by atoms with Crippen LogP contribution in [0.3, 0.4) is 0 Å². The Morgan fingerprint density at radius 3 is 2.58 bits per heavy atom. The topological polar surface area (TPSA) is 20.3 Å². The highest BCUT2D eigenvalue weighted by molar-refractivity contribution is 6.31. The largest absolute Gasteiger partial charge is 0.342 e. The van der Waals surface area contributed by atoms with Crippen LogP contribution >= 0.6 is 11.6 Å². The second-order valence-corrected chi connectivity index (χ2v) is 6.03. The minimum Gasteiger partial charge on any atom is -0.342 e. The third kappa shape index (κ3) is 3.47. The maximum atomic E-state index is 13.7. The van der Waals surface area contributed by atoms with Crippen molar-refractivity contribution in [2.24, 2.45) is 11.8 Å². The molecule has 2 rings (SSSR count). The molecule has 1 amide bonds. The smallest absolute Gasteiger partial charge is 0.227 e. The molecule has 0 spiro atoms. The molecule has 104 valence electrons. The van der Waals surface area contributed by atoms with Crippen LogP contribution in [0.4, 0.5) is 4.39 Å². The van der Waals surface area contributed by atoms with Gasteiger partial charge in [0.15, 0.2) is 0 Å². The highest BCUT2D eigenvalue weighted by atomic mass is 35.5. The first kappa shape index (κ1) is 14.3. The monoisotopic (exact) mass is 283 g/mol. The predicted molar refractivity (Wildman–Crippen MR) is 74.6 cm³/mol. The molecule has 1 aromatic carbocycles. The molecule has 2 atom stereocenters. The van der Waals surface area contributed by atoms with Gasteiger partial charge in [-0.15, -0.1) is 0 Å². The van der Waals surface area contributed by atoms with Crippen molar-refractivity contribution in [3.8, 4) is 0 Å². The minimum atomic E-state index is -0.404. The van der Waals surface area contributed by atoms with Crippen LogP contribution in [0.25, 0.3) is 0 Å². The number of benzene rings is 1. The quantitative estimate of drug-likeness (QED) is 0.813.